The zero-order valence-corrected chi connectivity index (χ0v) is 23.4. The molecule has 0 unspecified atom stereocenters. The van der Waals surface area contributed by atoms with Crippen molar-refractivity contribution >= 4 is 11.8 Å². The molecule has 0 aliphatic heterocycles. The summed E-state index contributed by atoms with van der Waals surface area (Å²) in [5.74, 6) is 0.0580. The SMILES string of the molecule is Cc1cc(Sc2cc(C)cc(C(C)(C)C)c2[O-])c([O-])c(C(C)(C)C)c1.[Na+].[Na+]. The first-order valence-electron chi connectivity index (χ1n) is 8.63. The number of hydrogen-bond donors (Lipinski definition) is 0. The summed E-state index contributed by atoms with van der Waals surface area (Å²) in [6.07, 6.45) is 0. The first-order chi connectivity index (χ1) is 11.3. The molecule has 0 bridgehead atoms. The van der Waals surface area contributed by atoms with Gasteiger partial charge < -0.3 is 10.2 Å². The molecule has 0 aromatic heterocycles. The summed E-state index contributed by atoms with van der Waals surface area (Å²) in [6.45, 7) is 16.2. The van der Waals surface area contributed by atoms with Gasteiger partial charge in [0.2, 0.25) is 0 Å². The molecule has 0 amide bonds. The molecular weight excluding hydrogens is 374 g/mol. The third-order valence-electron chi connectivity index (χ3n) is 4.23. The second kappa shape index (κ2) is 9.93. The second-order valence-electron chi connectivity index (χ2n) is 8.88. The van der Waals surface area contributed by atoms with Gasteiger partial charge in [-0.15, -0.1) is 0 Å². The summed E-state index contributed by atoms with van der Waals surface area (Å²) in [4.78, 5) is 1.26. The fourth-order valence-corrected chi connectivity index (χ4v) is 4.00. The van der Waals surface area contributed by atoms with E-state index >= 15 is 0 Å². The van der Waals surface area contributed by atoms with Gasteiger partial charge in [-0.1, -0.05) is 76.9 Å². The topological polar surface area (TPSA) is 46.1 Å². The molecule has 2 nitrogen and oxygen atoms in total. The minimum absolute atomic E-state index is 0. The van der Waals surface area contributed by atoms with E-state index in [2.05, 4.69) is 0 Å². The maximum Gasteiger partial charge on any atom is 1.00 e. The van der Waals surface area contributed by atoms with Crippen LogP contribution in [0.5, 0.6) is 11.5 Å². The van der Waals surface area contributed by atoms with Crippen molar-refractivity contribution in [3.63, 3.8) is 0 Å². The van der Waals surface area contributed by atoms with Crippen LogP contribution in [0.3, 0.4) is 0 Å². The van der Waals surface area contributed by atoms with Crippen LogP contribution in [0.4, 0.5) is 0 Å². The van der Waals surface area contributed by atoms with E-state index in [0.717, 1.165) is 22.3 Å². The van der Waals surface area contributed by atoms with E-state index in [1.165, 1.54) is 11.8 Å². The Balaban J connectivity index is 0.00000338. The predicted octanol–water partition coefficient (Wildman–Crippen LogP) is -0.795. The molecule has 2 aromatic carbocycles. The van der Waals surface area contributed by atoms with Crippen molar-refractivity contribution in [2.75, 3.05) is 0 Å². The Bertz CT molecular complexity index is 736. The largest absolute Gasteiger partial charge is 1.00 e. The third kappa shape index (κ3) is 6.70. The van der Waals surface area contributed by atoms with Crippen LogP contribution in [0, 0.1) is 13.8 Å². The Morgan fingerprint density at radius 1 is 0.630 bits per heavy atom. The van der Waals surface area contributed by atoms with Crippen LogP contribution >= 0.6 is 11.8 Å². The Labute approximate surface area is 213 Å². The van der Waals surface area contributed by atoms with Gasteiger partial charge in [0.05, 0.1) is 0 Å². The monoisotopic (exact) mass is 402 g/mol. The van der Waals surface area contributed by atoms with E-state index in [1.807, 2.05) is 79.7 Å². The van der Waals surface area contributed by atoms with Crippen LogP contribution in [0.2, 0.25) is 0 Å². The fourth-order valence-electron chi connectivity index (χ4n) is 2.86. The van der Waals surface area contributed by atoms with E-state index < -0.39 is 0 Å². The van der Waals surface area contributed by atoms with Crippen LogP contribution in [-0.2, 0) is 10.8 Å². The average Bonchev–Trinajstić information content (AvgIpc) is 2.43. The maximum atomic E-state index is 12.9. The van der Waals surface area contributed by atoms with E-state index in [4.69, 9.17) is 0 Å². The van der Waals surface area contributed by atoms with Gasteiger partial charge >= 0.3 is 59.1 Å². The molecule has 0 spiro atoms. The standard InChI is InChI=1S/C22H30O2S.2Na/c1-13-9-15(21(3,4)5)19(23)17(11-13)25-18-12-14(2)10-16(20(18)24)22(6,7)8;;/h9-12,23-24H,1-8H3;;/q;2*+1/p-2. The molecule has 27 heavy (non-hydrogen) atoms. The zero-order valence-electron chi connectivity index (χ0n) is 18.5. The van der Waals surface area contributed by atoms with Crippen molar-refractivity contribution in [3.8, 4) is 11.5 Å². The summed E-state index contributed by atoms with van der Waals surface area (Å²) in [6, 6.07) is 7.70. The van der Waals surface area contributed by atoms with E-state index in [-0.39, 0.29) is 81.4 Å². The summed E-state index contributed by atoms with van der Waals surface area (Å²) in [5.41, 5.74) is 3.24. The van der Waals surface area contributed by atoms with Crippen LogP contribution in [0.15, 0.2) is 34.1 Å². The van der Waals surface area contributed by atoms with Gasteiger partial charge in [0.15, 0.2) is 0 Å². The van der Waals surface area contributed by atoms with E-state index in [0.29, 0.717) is 9.79 Å². The predicted molar refractivity (Wildman–Crippen MR) is 103 cm³/mol. The van der Waals surface area contributed by atoms with Gasteiger partial charge in [-0.2, -0.15) is 0 Å². The molecule has 0 saturated carbocycles. The molecule has 5 heteroatoms. The Morgan fingerprint density at radius 3 is 1.19 bits per heavy atom. The van der Waals surface area contributed by atoms with Crippen molar-refractivity contribution in [3.05, 3.63) is 46.5 Å². The smallest absolute Gasteiger partial charge is 0.871 e. The van der Waals surface area contributed by atoms with Crippen molar-refractivity contribution in [1.29, 1.82) is 0 Å². The third-order valence-corrected chi connectivity index (χ3v) is 5.28. The number of benzene rings is 2. The van der Waals surface area contributed by atoms with Crippen molar-refractivity contribution < 1.29 is 69.3 Å². The molecule has 0 atom stereocenters. The number of rotatable bonds is 2. The number of aryl methyl sites for hydroxylation is 2. The van der Waals surface area contributed by atoms with Gasteiger partial charge in [-0.3, -0.25) is 0 Å². The Kier molecular flexibility index (Phi) is 10.1. The molecule has 0 aliphatic carbocycles. The van der Waals surface area contributed by atoms with Gasteiger partial charge in [0, 0.05) is 9.79 Å². The average molecular weight is 403 g/mol. The summed E-state index contributed by atoms with van der Waals surface area (Å²) in [5, 5.41) is 25.9. The molecule has 0 fully saturated rings. The minimum atomic E-state index is -0.220. The van der Waals surface area contributed by atoms with E-state index in [9.17, 15) is 10.2 Å². The Morgan fingerprint density at radius 2 is 0.926 bits per heavy atom. The molecule has 2 aromatic rings. The Hall–Kier alpha value is 0.390. The molecular formula is C22H28Na2O2S. The van der Waals surface area contributed by atoms with Crippen LogP contribution in [0.1, 0.15) is 63.8 Å². The van der Waals surface area contributed by atoms with Crippen LogP contribution in [0.25, 0.3) is 0 Å². The van der Waals surface area contributed by atoms with Gasteiger partial charge in [-0.05, 0) is 59.1 Å². The molecule has 0 N–H and O–H groups in total. The van der Waals surface area contributed by atoms with Gasteiger partial charge in [0.1, 0.15) is 0 Å². The minimum Gasteiger partial charge on any atom is -0.871 e. The van der Waals surface area contributed by atoms with Crippen LogP contribution in [-0.4, -0.2) is 0 Å². The molecule has 0 radical (unpaired) electrons. The van der Waals surface area contributed by atoms with Gasteiger partial charge in [-0.25, -0.2) is 0 Å². The number of hydrogen-bond acceptors (Lipinski definition) is 3. The molecule has 2 rings (SSSR count). The first kappa shape index (κ1) is 27.4. The molecule has 0 heterocycles. The first-order valence-corrected chi connectivity index (χ1v) is 9.44. The normalized spacial score (nSPS) is 11.6. The maximum absolute atomic E-state index is 12.9. The summed E-state index contributed by atoms with van der Waals surface area (Å²) >= 11 is 1.30. The van der Waals surface area contributed by atoms with Crippen molar-refractivity contribution in [2.24, 2.45) is 0 Å². The van der Waals surface area contributed by atoms with E-state index in [1.54, 1.807) is 0 Å². The second-order valence-corrected chi connectivity index (χ2v) is 9.97. The quantitative estimate of drug-likeness (QED) is 0.619. The van der Waals surface area contributed by atoms with Crippen LogP contribution < -0.4 is 69.3 Å². The summed E-state index contributed by atoms with van der Waals surface area (Å²) in [7, 11) is 0. The molecule has 136 valence electrons. The molecule has 0 aliphatic rings. The van der Waals surface area contributed by atoms with Crippen molar-refractivity contribution in [1.82, 2.24) is 0 Å². The van der Waals surface area contributed by atoms with Gasteiger partial charge in [0.25, 0.3) is 0 Å². The zero-order chi connectivity index (χ0) is 19.2. The summed E-state index contributed by atoms with van der Waals surface area (Å²) < 4.78 is 0. The fraction of sp³-hybridized carbons (Fsp3) is 0.455. The van der Waals surface area contributed by atoms with Crippen molar-refractivity contribution in [2.45, 2.75) is 76.0 Å². The molecule has 0 saturated heterocycles.